The van der Waals surface area contributed by atoms with E-state index < -0.39 is 0 Å². The van der Waals surface area contributed by atoms with Crippen LogP contribution in [0.4, 0.5) is 0 Å². The summed E-state index contributed by atoms with van der Waals surface area (Å²) in [7, 11) is 2.10. The fourth-order valence-corrected chi connectivity index (χ4v) is 2.07. The standard InChI is InChI=1S/C11H20N2O2/c1-4-14-11-10(15-11)9-8(2)7-13(3)6-5-12-9/h7,9-12H,4-6H2,1-3H3. The molecule has 1 fully saturated rings. The molecule has 15 heavy (non-hydrogen) atoms. The van der Waals surface area contributed by atoms with E-state index in [-0.39, 0.29) is 12.4 Å². The third-order valence-electron chi connectivity index (χ3n) is 2.89. The molecule has 4 nitrogen and oxygen atoms in total. The zero-order valence-corrected chi connectivity index (χ0v) is 9.69. The Morgan fingerprint density at radius 2 is 2.47 bits per heavy atom. The van der Waals surface area contributed by atoms with Crippen LogP contribution in [-0.2, 0) is 9.47 Å². The molecular formula is C11H20N2O2. The zero-order chi connectivity index (χ0) is 10.8. The number of ether oxygens (including phenoxy) is 2. The second-order valence-electron chi connectivity index (χ2n) is 4.21. The normalized spacial score (nSPS) is 36.1. The summed E-state index contributed by atoms with van der Waals surface area (Å²) in [6.45, 7) is 6.89. The molecule has 86 valence electrons. The van der Waals surface area contributed by atoms with Gasteiger partial charge in [-0.05, 0) is 25.6 Å². The molecule has 0 aromatic heterocycles. The highest BCUT2D eigenvalue weighted by Crippen LogP contribution is 2.30. The van der Waals surface area contributed by atoms with Gasteiger partial charge in [-0.15, -0.1) is 0 Å². The molecule has 0 aromatic rings. The monoisotopic (exact) mass is 212 g/mol. The van der Waals surface area contributed by atoms with E-state index in [1.807, 2.05) is 6.92 Å². The molecule has 3 atom stereocenters. The Kier molecular flexibility index (Phi) is 3.29. The summed E-state index contributed by atoms with van der Waals surface area (Å²) < 4.78 is 10.9. The van der Waals surface area contributed by atoms with E-state index in [2.05, 4.69) is 30.4 Å². The molecule has 4 heteroatoms. The van der Waals surface area contributed by atoms with E-state index in [1.165, 1.54) is 5.57 Å². The second-order valence-corrected chi connectivity index (χ2v) is 4.21. The Balaban J connectivity index is 1.94. The predicted molar refractivity (Wildman–Crippen MR) is 58.5 cm³/mol. The van der Waals surface area contributed by atoms with Crippen molar-refractivity contribution in [2.24, 2.45) is 0 Å². The average Bonchev–Trinajstić information content (AvgIpc) is 2.92. The van der Waals surface area contributed by atoms with E-state index in [4.69, 9.17) is 9.47 Å². The Hall–Kier alpha value is -0.580. The molecule has 0 radical (unpaired) electrons. The molecule has 1 saturated heterocycles. The van der Waals surface area contributed by atoms with E-state index in [1.54, 1.807) is 0 Å². The van der Waals surface area contributed by atoms with E-state index in [0.29, 0.717) is 6.04 Å². The second kappa shape index (κ2) is 4.51. The molecule has 2 heterocycles. The lowest BCUT2D eigenvalue weighted by Crippen LogP contribution is -2.37. The average molecular weight is 212 g/mol. The van der Waals surface area contributed by atoms with E-state index >= 15 is 0 Å². The van der Waals surface area contributed by atoms with Crippen molar-refractivity contribution < 1.29 is 9.47 Å². The number of likely N-dealkylation sites (N-methyl/N-ethyl adjacent to an activating group) is 1. The first-order valence-corrected chi connectivity index (χ1v) is 5.61. The topological polar surface area (TPSA) is 37.0 Å². The maximum atomic E-state index is 5.51. The van der Waals surface area contributed by atoms with Crippen molar-refractivity contribution in [1.82, 2.24) is 10.2 Å². The van der Waals surface area contributed by atoms with Gasteiger partial charge in [-0.25, -0.2) is 0 Å². The highest BCUT2D eigenvalue weighted by Gasteiger charge is 2.46. The van der Waals surface area contributed by atoms with Crippen molar-refractivity contribution in [2.75, 3.05) is 26.7 Å². The summed E-state index contributed by atoms with van der Waals surface area (Å²) in [5.41, 5.74) is 1.32. The molecule has 2 rings (SSSR count). The van der Waals surface area contributed by atoms with Crippen LogP contribution in [0.25, 0.3) is 0 Å². The molecule has 0 aromatic carbocycles. The SMILES string of the molecule is CCOC1OC1C1NCCN(C)C=C1C. The predicted octanol–water partition coefficient (Wildman–Crippen LogP) is 0.555. The highest BCUT2D eigenvalue weighted by molar-refractivity contribution is 5.15. The lowest BCUT2D eigenvalue weighted by Gasteiger charge is -2.14. The number of nitrogens with one attached hydrogen (secondary N) is 1. The van der Waals surface area contributed by atoms with Crippen LogP contribution in [0, 0.1) is 0 Å². The third kappa shape index (κ3) is 2.51. The quantitative estimate of drug-likeness (QED) is 0.693. The van der Waals surface area contributed by atoms with Gasteiger partial charge in [-0.2, -0.15) is 0 Å². The van der Waals surface area contributed by atoms with Gasteiger partial charge in [-0.1, -0.05) is 0 Å². The highest BCUT2D eigenvalue weighted by atomic mass is 16.8. The van der Waals surface area contributed by atoms with Gasteiger partial charge in [0.15, 0.2) is 6.29 Å². The van der Waals surface area contributed by atoms with Crippen molar-refractivity contribution in [2.45, 2.75) is 32.3 Å². The first kappa shape index (κ1) is 10.9. The fraction of sp³-hybridized carbons (Fsp3) is 0.818. The number of hydrogen-bond donors (Lipinski definition) is 1. The number of rotatable bonds is 3. The van der Waals surface area contributed by atoms with Crippen LogP contribution >= 0.6 is 0 Å². The minimum Gasteiger partial charge on any atom is -0.379 e. The van der Waals surface area contributed by atoms with Gasteiger partial charge in [0.2, 0.25) is 0 Å². The Bertz CT molecular complexity index is 255. The molecule has 2 aliphatic heterocycles. The van der Waals surface area contributed by atoms with Gasteiger partial charge in [-0.3, -0.25) is 0 Å². The number of hydrogen-bond acceptors (Lipinski definition) is 4. The molecule has 2 aliphatic rings. The van der Waals surface area contributed by atoms with Crippen molar-refractivity contribution in [1.29, 1.82) is 0 Å². The summed E-state index contributed by atoms with van der Waals surface area (Å²) in [6, 6.07) is 0.312. The minimum absolute atomic E-state index is 0.000689. The van der Waals surface area contributed by atoms with Crippen LogP contribution in [0.5, 0.6) is 0 Å². The molecular weight excluding hydrogens is 192 g/mol. The van der Waals surface area contributed by atoms with Crippen molar-refractivity contribution in [3.63, 3.8) is 0 Å². The van der Waals surface area contributed by atoms with Crippen LogP contribution in [0.15, 0.2) is 11.8 Å². The molecule has 3 unspecified atom stereocenters. The Labute approximate surface area is 91.2 Å². The minimum atomic E-state index is -0.000689. The maximum Gasteiger partial charge on any atom is 0.186 e. The van der Waals surface area contributed by atoms with Crippen molar-refractivity contribution in [3.05, 3.63) is 11.8 Å². The van der Waals surface area contributed by atoms with Crippen LogP contribution < -0.4 is 5.32 Å². The van der Waals surface area contributed by atoms with Gasteiger partial charge in [0.25, 0.3) is 0 Å². The summed E-state index contributed by atoms with van der Waals surface area (Å²) >= 11 is 0. The Morgan fingerprint density at radius 3 is 3.20 bits per heavy atom. The summed E-state index contributed by atoms with van der Waals surface area (Å²) in [4.78, 5) is 2.21. The van der Waals surface area contributed by atoms with Gasteiger partial charge < -0.3 is 19.7 Å². The molecule has 0 saturated carbocycles. The van der Waals surface area contributed by atoms with Gasteiger partial charge in [0.05, 0.1) is 6.04 Å². The van der Waals surface area contributed by atoms with Crippen LogP contribution in [0.3, 0.4) is 0 Å². The lowest BCUT2D eigenvalue weighted by molar-refractivity contribution is 0.0593. The van der Waals surface area contributed by atoms with Crippen molar-refractivity contribution in [3.8, 4) is 0 Å². The van der Waals surface area contributed by atoms with Gasteiger partial charge >= 0.3 is 0 Å². The van der Waals surface area contributed by atoms with Gasteiger partial charge in [0, 0.05) is 26.7 Å². The van der Waals surface area contributed by atoms with Crippen LogP contribution in [-0.4, -0.2) is 50.1 Å². The summed E-state index contributed by atoms with van der Waals surface area (Å²) in [6.07, 6.45) is 2.39. The number of nitrogens with zero attached hydrogens (tertiary/aromatic N) is 1. The lowest BCUT2D eigenvalue weighted by atomic mass is 10.1. The summed E-state index contributed by atoms with van der Waals surface area (Å²) in [5.74, 6) is 0. The fourth-order valence-electron chi connectivity index (χ4n) is 2.07. The van der Waals surface area contributed by atoms with E-state index in [0.717, 1.165) is 19.7 Å². The van der Waals surface area contributed by atoms with Crippen LogP contribution in [0.1, 0.15) is 13.8 Å². The zero-order valence-electron chi connectivity index (χ0n) is 9.69. The van der Waals surface area contributed by atoms with Crippen molar-refractivity contribution >= 4 is 0 Å². The van der Waals surface area contributed by atoms with Gasteiger partial charge in [0.1, 0.15) is 6.10 Å². The first-order chi connectivity index (χ1) is 7.22. The first-order valence-electron chi connectivity index (χ1n) is 5.61. The van der Waals surface area contributed by atoms with Crippen LogP contribution in [0.2, 0.25) is 0 Å². The molecule has 0 bridgehead atoms. The summed E-state index contributed by atoms with van der Waals surface area (Å²) in [5, 5.41) is 3.50. The smallest absolute Gasteiger partial charge is 0.186 e. The Morgan fingerprint density at radius 1 is 1.67 bits per heavy atom. The molecule has 0 aliphatic carbocycles. The van der Waals surface area contributed by atoms with E-state index in [9.17, 15) is 0 Å². The largest absolute Gasteiger partial charge is 0.379 e. The molecule has 1 N–H and O–H groups in total. The maximum absolute atomic E-state index is 5.51. The third-order valence-corrected chi connectivity index (χ3v) is 2.89. The molecule has 0 amide bonds. The number of epoxide rings is 1. The molecule has 0 spiro atoms.